The van der Waals surface area contributed by atoms with Gasteiger partial charge in [-0.25, -0.2) is 0 Å². The Kier molecular flexibility index (Phi) is 3.38. The average Bonchev–Trinajstić information content (AvgIpc) is 2.82. The van der Waals surface area contributed by atoms with Crippen LogP contribution >= 0.6 is 15.9 Å². The monoisotopic (exact) mass is 296 g/mol. The molecule has 3 N–H and O–H groups in total. The number of hydrogen-bond acceptors (Lipinski definition) is 5. The number of hydrogen-bond donors (Lipinski definition) is 2. The Morgan fingerprint density at radius 2 is 2.35 bits per heavy atom. The summed E-state index contributed by atoms with van der Waals surface area (Å²) in [5, 5.41) is 6.24. The van der Waals surface area contributed by atoms with Gasteiger partial charge in [-0.15, -0.1) is 0 Å². The van der Waals surface area contributed by atoms with E-state index in [9.17, 15) is 4.79 Å². The second kappa shape index (κ2) is 4.96. The standard InChI is InChI=1S/C10H9BrN4O2/c11-9-6(2-1-3-7(9)12)10(16)13-4-8-14-5-17-15-8/h1-3,5H,4,12H2,(H,13,16). The van der Waals surface area contributed by atoms with Crippen LogP contribution in [0.1, 0.15) is 16.2 Å². The Morgan fingerprint density at radius 1 is 1.53 bits per heavy atom. The summed E-state index contributed by atoms with van der Waals surface area (Å²) in [5.74, 6) is 0.160. The molecule has 7 heteroatoms. The van der Waals surface area contributed by atoms with Crippen molar-refractivity contribution >= 4 is 27.5 Å². The van der Waals surface area contributed by atoms with Crippen LogP contribution in [-0.2, 0) is 6.54 Å². The van der Waals surface area contributed by atoms with Crippen molar-refractivity contribution in [2.24, 2.45) is 0 Å². The van der Waals surface area contributed by atoms with E-state index >= 15 is 0 Å². The summed E-state index contributed by atoms with van der Waals surface area (Å²) >= 11 is 3.26. The molecule has 0 aliphatic heterocycles. The van der Waals surface area contributed by atoms with E-state index in [0.29, 0.717) is 21.5 Å². The highest BCUT2D eigenvalue weighted by atomic mass is 79.9. The number of nitrogens with one attached hydrogen (secondary N) is 1. The Hall–Kier alpha value is -1.89. The SMILES string of the molecule is Nc1cccc(C(=O)NCc2ncon2)c1Br. The first-order chi connectivity index (χ1) is 8.18. The molecule has 1 aromatic heterocycles. The maximum absolute atomic E-state index is 11.8. The average molecular weight is 297 g/mol. The zero-order valence-corrected chi connectivity index (χ0v) is 10.3. The number of carbonyl (C=O) groups is 1. The molecule has 6 nitrogen and oxygen atoms in total. The summed E-state index contributed by atoms with van der Waals surface area (Å²) in [7, 11) is 0. The van der Waals surface area contributed by atoms with Gasteiger partial charge in [0.05, 0.1) is 16.6 Å². The van der Waals surface area contributed by atoms with Crippen LogP contribution in [0.3, 0.4) is 0 Å². The fraction of sp³-hybridized carbons (Fsp3) is 0.100. The zero-order chi connectivity index (χ0) is 12.3. The van der Waals surface area contributed by atoms with Gasteiger partial charge >= 0.3 is 0 Å². The summed E-state index contributed by atoms with van der Waals surface area (Å²) in [6, 6.07) is 5.09. The van der Waals surface area contributed by atoms with Crippen molar-refractivity contribution < 1.29 is 9.32 Å². The van der Waals surface area contributed by atoms with Crippen molar-refractivity contribution in [2.75, 3.05) is 5.73 Å². The van der Waals surface area contributed by atoms with Gasteiger partial charge in [-0.05, 0) is 28.1 Å². The topological polar surface area (TPSA) is 94.0 Å². The molecule has 0 spiro atoms. The van der Waals surface area contributed by atoms with E-state index in [-0.39, 0.29) is 12.5 Å². The lowest BCUT2D eigenvalue weighted by Gasteiger charge is -2.06. The predicted octanol–water partition coefficient (Wildman–Crippen LogP) is 1.34. The lowest BCUT2D eigenvalue weighted by atomic mass is 10.2. The molecule has 0 radical (unpaired) electrons. The molecule has 0 fully saturated rings. The van der Waals surface area contributed by atoms with Gasteiger partial charge in [-0.1, -0.05) is 11.2 Å². The predicted molar refractivity (Wildman–Crippen MR) is 64.0 cm³/mol. The van der Waals surface area contributed by atoms with Crippen LogP contribution in [0, 0.1) is 0 Å². The molecule has 2 aromatic rings. The zero-order valence-electron chi connectivity index (χ0n) is 8.68. The number of nitrogens with two attached hydrogens (primary N) is 1. The third-order valence-electron chi connectivity index (χ3n) is 2.09. The summed E-state index contributed by atoms with van der Waals surface area (Å²) in [6.07, 6.45) is 1.21. The first-order valence-corrected chi connectivity index (χ1v) is 5.55. The number of nitrogens with zero attached hydrogens (tertiary/aromatic N) is 2. The molecule has 0 unspecified atom stereocenters. The number of halogens is 1. The quantitative estimate of drug-likeness (QED) is 0.834. The number of aromatic nitrogens is 2. The first-order valence-electron chi connectivity index (χ1n) is 4.76. The van der Waals surface area contributed by atoms with Gasteiger partial charge in [-0.2, -0.15) is 4.98 Å². The van der Waals surface area contributed by atoms with Crippen LogP contribution in [0.15, 0.2) is 33.6 Å². The van der Waals surface area contributed by atoms with Crippen molar-refractivity contribution in [3.05, 3.63) is 40.5 Å². The molecule has 0 bridgehead atoms. The van der Waals surface area contributed by atoms with Crippen molar-refractivity contribution in [3.8, 4) is 0 Å². The highest BCUT2D eigenvalue weighted by Crippen LogP contribution is 2.23. The Morgan fingerprint density at radius 3 is 3.06 bits per heavy atom. The number of carbonyl (C=O) groups excluding carboxylic acids is 1. The van der Waals surface area contributed by atoms with Gasteiger partial charge in [0, 0.05) is 5.69 Å². The lowest BCUT2D eigenvalue weighted by Crippen LogP contribution is -2.23. The molecular weight excluding hydrogens is 288 g/mol. The highest BCUT2D eigenvalue weighted by Gasteiger charge is 2.12. The minimum Gasteiger partial charge on any atom is -0.398 e. The Bertz CT molecular complexity index is 527. The van der Waals surface area contributed by atoms with Gasteiger partial charge in [-0.3, -0.25) is 4.79 Å². The number of nitrogen functional groups attached to an aromatic ring is 1. The molecule has 0 aliphatic rings. The summed E-state index contributed by atoms with van der Waals surface area (Å²) in [6.45, 7) is 0.205. The van der Waals surface area contributed by atoms with Crippen LogP contribution in [0.2, 0.25) is 0 Å². The Balaban J connectivity index is 2.07. The molecule has 2 rings (SSSR count). The smallest absolute Gasteiger partial charge is 0.252 e. The second-order valence-corrected chi connectivity index (χ2v) is 4.03. The van der Waals surface area contributed by atoms with Crippen LogP contribution in [0.25, 0.3) is 0 Å². The molecule has 17 heavy (non-hydrogen) atoms. The van der Waals surface area contributed by atoms with Crippen molar-refractivity contribution in [3.63, 3.8) is 0 Å². The largest absolute Gasteiger partial charge is 0.398 e. The van der Waals surface area contributed by atoms with Crippen molar-refractivity contribution in [2.45, 2.75) is 6.54 Å². The Labute approximate surface area is 105 Å². The maximum atomic E-state index is 11.8. The molecule has 0 atom stereocenters. The third kappa shape index (κ3) is 2.62. The highest BCUT2D eigenvalue weighted by molar-refractivity contribution is 9.10. The molecule has 88 valence electrons. The van der Waals surface area contributed by atoms with Gasteiger partial charge in [0.15, 0.2) is 5.82 Å². The molecule has 0 saturated carbocycles. The minimum absolute atomic E-state index is 0.205. The summed E-state index contributed by atoms with van der Waals surface area (Å²) < 4.78 is 5.13. The van der Waals surface area contributed by atoms with Crippen LogP contribution in [0.4, 0.5) is 5.69 Å². The van der Waals surface area contributed by atoms with E-state index in [1.165, 1.54) is 6.39 Å². The molecule has 1 heterocycles. The molecule has 1 aromatic carbocycles. The van der Waals surface area contributed by atoms with E-state index in [4.69, 9.17) is 5.73 Å². The van der Waals surface area contributed by atoms with Gasteiger partial charge < -0.3 is 15.6 Å². The number of benzene rings is 1. The lowest BCUT2D eigenvalue weighted by molar-refractivity contribution is 0.0949. The van der Waals surface area contributed by atoms with Crippen LogP contribution in [0.5, 0.6) is 0 Å². The molecular formula is C10H9BrN4O2. The third-order valence-corrected chi connectivity index (χ3v) is 2.97. The molecule has 0 saturated heterocycles. The number of amides is 1. The molecule has 0 aliphatic carbocycles. The summed E-state index contributed by atoms with van der Waals surface area (Å²) in [5.41, 5.74) is 6.66. The normalized spacial score (nSPS) is 10.2. The van der Waals surface area contributed by atoms with E-state index in [0.717, 1.165) is 0 Å². The minimum atomic E-state index is -0.256. The van der Waals surface area contributed by atoms with Gasteiger partial charge in [0.25, 0.3) is 5.91 Å². The van der Waals surface area contributed by atoms with Crippen LogP contribution in [-0.4, -0.2) is 16.0 Å². The van der Waals surface area contributed by atoms with E-state index in [1.54, 1.807) is 18.2 Å². The van der Waals surface area contributed by atoms with E-state index < -0.39 is 0 Å². The second-order valence-electron chi connectivity index (χ2n) is 3.24. The fourth-order valence-corrected chi connectivity index (χ4v) is 1.69. The van der Waals surface area contributed by atoms with E-state index in [2.05, 4.69) is 35.9 Å². The first kappa shape index (κ1) is 11.6. The fourth-order valence-electron chi connectivity index (χ4n) is 1.25. The molecule has 1 amide bonds. The van der Waals surface area contributed by atoms with Gasteiger partial charge in [0.1, 0.15) is 0 Å². The van der Waals surface area contributed by atoms with Crippen molar-refractivity contribution in [1.82, 2.24) is 15.5 Å². The summed E-state index contributed by atoms with van der Waals surface area (Å²) in [4.78, 5) is 15.6. The van der Waals surface area contributed by atoms with Crippen LogP contribution < -0.4 is 11.1 Å². The van der Waals surface area contributed by atoms with Gasteiger partial charge in [0.2, 0.25) is 6.39 Å². The maximum Gasteiger partial charge on any atom is 0.252 e. The van der Waals surface area contributed by atoms with Crippen molar-refractivity contribution in [1.29, 1.82) is 0 Å². The number of rotatable bonds is 3. The van der Waals surface area contributed by atoms with E-state index in [1.807, 2.05) is 0 Å². The number of anilines is 1.